The molecular weight excluding hydrogens is 404 g/mol. The first-order valence-electron chi connectivity index (χ1n) is 9.68. The molecule has 3 aliphatic rings. The molecule has 4 amide bonds. The van der Waals surface area contributed by atoms with Gasteiger partial charge in [0, 0.05) is 45.1 Å². The van der Waals surface area contributed by atoms with E-state index in [0.717, 1.165) is 10.5 Å². The van der Waals surface area contributed by atoms with Gasteiger partial charge >= 0.3 is 6.03 Å². The lowest BCUT2D eigenvalue weighted by Gasteiger charge is -2.37. The Morgan fingerprint density at radius 1 is 1.19 bits per heavy atom. The van der Waals surface area contributed by atoms with E-state index in [4.69, 9.17) is 4.52 Å². The highest BCUT2D eigenvalue weighted by atomic mass is 16.5. The van der Waals surface area contributed by atoms with Crippen molar-refractivity contribution >= 4 is 30.0 Å². The van der Waals surface area contributed by atoms with Crippen LogP contribution in [0.3, 0.4) is 0 Å². The average molecular weight is 423 g/mol. The zero-order valence-electron chi connectivity index (χ0n) is 16.9. The number of fused-ring (bicyclic) bond motifs is 1. The Balaban J connectivity index is 1.20. The van der Waals surface area contributed by atoms with Crippen LogP contribution in [0.4, 0.5) is 4.79 Å². The van der Waals surface area contributed by atoms with Crippen molar-refractivity contribution in [1.29, 1.82) is 0 Å². The number of amidine groups is 1. The zero-order chi connectivity index (χ0) is 21.7. The van der Waals surface area contributed by atoms with Crippen LogP contribution in [0, 0.1) is 0 Å². The lowest BCUT2D eigenvalue weighted by molar-refractivity contribution is -0.521. The molecule has 31 heavy (non-hydrogen) atoms. The first-order chi connectivity index (χ1) is 14.9. The van der Waals surface area contributed by atoms with Gasteiger partial charge in [-0.05, 0) is 17.1 Å². The minimum absolute atomic E-state index is 0.0158. The first-order valence-corrected chi connectivity index (χ1v) is 9.68. The van der Waals surface area contributed by atoms with E-state index in [9.17, 15) is 14.4 Å². The van der Waals surface area contributed by atoms with E-state index in [1.54, 1.807) is 41.0 Å². The highest BCUT2D eigenvalue weighted by Crippen LogP contribution is 2.28. The van der Waals surface area contributed by atoms with Crippen molar-refractivity contribution in [3.63, 3.8) is 0 Å². The van der Waals surface area contributed by atoms with Gasteiger partial charge in [-0.1, -0.05) is 5.16 Å². The van der Waals surface area contributed by atoms with Crippen LogP contribution in [-0.4, -0.2) is 104 Å². The van der Waals surface area contributed by atoms with Crippen molar-refractivity contribution in [1.82, 2.24) is 29.8 Å². The Labute approximate surface area is 176 Å². The van der Waals surface area contributed by atoms with Gasteiger partial charge in [0.2, 0.25) is 11.7 Å². The number of imide groups is 1. The fraction of sp³-hybridized carbons (Fsp3) is 0.368. The molecule has 5 heterocycles. The van der Waals surface area contributed by atoms with Crippen molar-refractivity contribution in [3.05, 3.63) is 30.4 Å². The molecule has 1 atom stereocenters. The standard InChI is InChI=1S/C19H19N8O4/c1-24-16-14(18(29)25(2)19(24)30)27(10-21-16)9-13(28)26-7-12(8-26)17-22-15(23-31-17)11-3-5-20-6-4-11/h3-6,10,12,14H,7-9H2,1-2H3/q+1. The molecule has 2 aromatic rings. The third-order valence-electron chi connectivity index (χ3n) is 5.68. The number of likely N-dealkylation sites (tertiary alicyclic amines) is 1. The number of hydrogen-bond acceptors (Lipinski definition) is 8. The second-order valence-electron chi connectivity index (χ2n) is 7.60. The minimum Gasteiger partial charge on any atom is -0.339 e. The molecule has 0 aliphatic carbocycles. The summed E-state index contributed by atoms with van der Waals surface area (Å²) in [5.41, 5.74) is 0.809. The molecule has 0 N–H and O–H groups in total. The van der Waals surface area contributed by atoms with Crippen LogP contribution < -0.4 is 0 Å². The van der Waals surface area contributed by atoms with E-state index in [0.29, 0.717) is 30.6 Å². The normalized spacial score (nSPS) is 21.1. The molecule has 158 valence electrons. The Bertz CT molecular complexity index is 1130. The predicted octanol–water partition coefficient (Wildman–Crippen LogP) is -0.597. The van der Waals surface area contributed by atoms with Gasteiger partial charge in [-0.15, -0.1) is 0 Å². The van der Waals surface area contributed by atoms with Gasteiger partial charge in [-0.2, -0.15) is 4.98 Å². The number of likely N-dealkylation sites (N-methyl/N-ethyl adjacent to an activating group) is 2. The molecule has 0 spiro atoms. The number of aromatic nitrogens is 3. The molecule has 2 aromatic heterocycles. The second kappa shape index (κ2) is 7.07. The number of carbonyl (C=O) groups excluding carboxylic acids is 3. The van der Waals surface area contributed by atoms with Gasteiger partial charge in [0.25, 0.3) is 30.0 Å². The number of aliphatic imine (C=N–C) groups is 1. The maximum absolute atomic E-state index is 12.7. The van der Waals surface area contributed by atoms with Crippen molar-refractivity contribution in [2.24, 2.45) is 4.99 Å². The van der Waals surface area contributed by atoms with E-state index < -0.39 is 18.0 Å². The summed E-state index contributed by atoms with van der Waals surface area (Å²) in [5.74, 6) is 0.715. The summed E-state index contributed by atoms with van der Waals surface area (Å²) >= 11 is 0. The van der Waals surface area contributed by atoms with Crippen molar-refractivity contribution < 1.29 is 23.5 Å². The van der Waals surface area contributed by atoms with E-state index in [-0.39, 0.29) is 18.4 Å². The van der Waals surface area contributed by atoms with E-state index in [1.165, 1.54) is 18.3 Å². The molecule has 1 unspecified atom stereocenters. The molecule has 0 radical (unpaired) electrons. The lowest BCUT2D eigenvalue weighted by atomic mass is 10.00. The number of rotatable bonds is 4. The molecule has 12 nitrogen and oxygen atoms in total. The Kier molecular flexibility index (Phi) is 4.34. The van der Waals surface area contributed by atoms with Crippen LogP contribution in [0.25, 0.3) is 11.4 Å². The molecule has 0 bridgehead atoms. The second-order valence-corrected chi connectivity index (χ2v) is 7.60. The van der Waals surface area contributed by atoms with Gasteiger partial charge in [-0.3, -0.25) is 24.4 Å². The van der Waals surface area contributed by atoms with Crippen molar-refractivity contribution in [3.8, 4) is 11.4 Å². The van der Waals surface area contributed by atoms with Gasteiger partial charge in [0.15, 0.2) is 6.54 Å². The molecule has 12 heteroatoms. The highest BCUT2D eigenvalue weighted by molar-refractivity contribution is 6.21. The van der Waals surface area contributed by atoms with Gasteiger partial charge < -0.3 is 9.42 Å². The molecule has 0 aromatic carbocycles. The number of carbonyl (C=O) groups is 3. The summed E-state index contributed by atoms with van der Waals surface area (Å²) < 4.78 is 6.92. The number of urea groups is 1. The van der Waals surface area contributed by atoms with E-state index in [1.807, 2.05) is 0 Å². The minimum atomic E-state index is -0.771. The zero-order valence-corrected chi connectivity index (χ0v) is 16.9. The monoisotopic (exact) mass is 423 g/mol. The molecule has 3 aliphatic heterocycles. The maximum Gasteiger partial charge on any atom is 0.333 e. The third kappa shape index (κ3) is 3.07. The maximum atomic E-state index is 12.7. The third-order valence-corrected chi connectivity index (χ3v) is 5.68. The molecule has 2 fully saturated rings. The summed E-state index contributed by atoms with van der Waals surface area (Å²) in [6.45, 7) is 0.892. The average Bonchev–Trinajstić information content (AvgIpc) is 3.38. The number of nitrogens with zero attached hydrogens (tertiary/aromatic N) is 8. The number of amides is 4. The summed E-state index contributed by atoms with van der Waals surface area (Å²) in [5, 5.41) is 4.00. The van der Waals surface area contributed by atoms with Gasteiger partial charge in [-0.25, -0.2) is 9.37 Å². The highest BCUT2D eigenvalue weighted by Gasteiger charge is 2.51. The molecular formula is C19H19N8O4+. The lowest BCUT2D eigenvalue weighted by Crippen LogP contribution is -2.62. The fourth-order valence-corrected chi connectivity index (χ4v) is 3.79. The predicted molar refractivity (Wildman–Crippen MR) is 105 cm³/mol. The van der Waals surface area contributed by atoms with Crippen LogP contribution in [0.15, 0.2) is 34.0 Å². The number of hydrogen-bond donors (Lipinski definition) is 0. The van der Waals surface area contributed by atoms with E-state index in [2.05, 4.69) is 20.1 Å². The largest absolute Gasteiger partial charge is 0.339 e. The van der Waals surface area contributed by atoms with Crippen LogP contribution >= 0.6 is 0 Å². The van der Waals surface area contributed by atoms with Gasteiger partial charge in [0.05, 0.1) is 5.92 Å². The summed E-state index contributed by atoms with van der Waals surface area (Å²) in [6.07, 6.45) is 4.75. The smallest absolute Gasteiger partial charge is 0.333 e. The quantitative estimate of drug-likeness (QED) is 0.601. The molecule has 0 saturated carbocycles. The van der Waals surface area contributed by atoms with Crippen molar-refractivity contribution in [2.45, 2.75) is 12.0 Å². The van der Waals surface area contributed by atoms with Crippen LogP contribution in [-0.2, 0) is 9.59 Å². The Morgan fingerprint density at radius 3 is 2.68 bits per heavy atom. The summed E-state index contributed by atoms with van der Waals surface area (Å²) in [7, 11) is 2.97. The SMILES string of the molecule is CN1C(=O)C2C(=NC=[N+]2CC(=O)N2CC(c3nc(-c4ccncc4)no3)C2)N(C)C1=O. The molecule has 2 saturated heterocycles. The van der Waals surface area contributed by atoms with Crippen molar-refractivity contribution in [2.75, 3.05) is 33.7 Å². The Morgan fingerprint density at radius 2 is 1.94 bits per heavy atom. The topological polar surface area (TPSA) is 128 Å². The van der Waals surface area contributed by atoms with Crippen LogP contribution in [0.2, 0.25) is 0 Å². The molecule has 5 rings (SSSR count). The van der Waals surface area contributed by atoms with E-state index >= 15 is 0 Å². The summed E-state index contributed by atoms with van der Waals surface area (Å²) in [6, 6.07) is 2.37. The Hall–Kier alpha value is -3.96. The van der Waals surface area contributed by atoms with Gasteiger partial charge in [0.1, 0.15) is 0 Å². The van der Waals surface area contributed by atoms with Crippen LogP contribution in [0.1, 0.15) is 11.8 Å². The summed E-state index contributed by atoms with van der Waals surface area (Å²) in [4.78, 5) is 53.9. The van der Waals surface area contributed by atoms with Crippen LogP contribution in [0.5, 0.6) is 0 Å². The fourth-order valence-electron chi connectivity index (χ4n) is 3.79. The number of pyridine rings is 1. The first kappa shape index (κ1) is 19.0.